The Morgan fingerprint density at radius 2 is 2.19 bits per heavy atom. The third-order valence-electron chi connectivity index (χ3n) is 2.48. The molecule has 0 unspecified atom stereocenters. The highest BCUT2D eigenvalue weighted by atomic mass is 16.5. The molecule has 0 radical (unpaired) electrons. The van der Waals surface area contributed by atoms with Crippen LogP contribution in [0.25, 0.3) is 11.3 Å². The van der Waals surface area contributed by atoms with Gasteiger partial charge in [-0.05, 0) is 24.3 Å². The van der Waals surface area contributed by atoms with E-state index in [1.807, 2.05) is 25.2 Å². The maximum atomic E-state index is 11.0. The van der Waals surface area contributed by atoms with Gasteiger partial charge in [-0.2, -0.15) is 5.10 Å². The molecular formula is C12H12N2O2. The van der Waals surface area contributed by atoms with Crippen molar-refractivity contribution in [2.24, 2.45) is 7.05 Å². The minimum absolute atomic E-state index is 0.600. The minimum Gasteiger partial charge on any atom is -0.497 e. The molecule has 0 fully saturated rings. The van der Waals surface area contributed by atoms with Crippen molar-refractivity contribution in [2.75, 3.05) is 7.11 Å². The summed E-state index contributed by atoms with van der Waals surface area (Å²) in [5.74, 6) is 0.674. The van der Waals surface area contributed by atoms with Crippen molar-refractivity contribution in [3.63, 3.8) is 0 Å². The van der Waals surface area contributed by atoms with E-state index in [1.54, 1.807) is 24.1 Å². The van der Waals surface area contributed by atoms with Crippen molar-refractivity contribution < 1.29 is 9.53 Å². The van der Waals surface area contributed by atoms with Crippen LogP contribution in [0.15, 0.2) is 30.5 Å². The highest BCUT2D eigenvalue weighted by Crippen LogP contribution is 2.25. The molecule has 0 N–H and O–H groups in total. The summed E-state index contributed by atoms with van der Waals surface area (Å²) >= 11 is 0. The molecule has 0 saturated heterocycles. The second-order valence-electron chi connectivity index (χ2n) is 3.41. The number of carbonyl (C=O) groups is 1. The molecule has 4 nitrogen and oxygen atoms in total. The molecule has 0 aliphatic carbocycles. The fraction of sp³-hybridized carbons (Fsp3) is 0.167. The lowest BCUT2D eigenvalue weighted by Gasteiger charge is -2.07. The molecule has 1 aromatic carbocycles. The van der Waals surface area contributed by atoms with E-state index in [2.05, 4.69) is 5.10 Å². The first kappa shape index (κ1) is 10.4. The van der Waals surface area contributed by atoms with Gasteiger partial charge in [0.05, 0.1) is 12.8 Å². The Kier molecular flexibility index (Phi) is 2.72. The van der Waals surface area contributed by atoms with Gasteiger partial charge in [-0.25, -0.2) is 0 Å². The first-order valence-electron chi connectivity index (χ1n) is 4.88. The van der Waals surface area contributed by atoms with Crippen LogP contribution in [0.3, 0.4) is 0 Å². The van der Waals surface area contributed by atoms with Crippen LogP contribution in [0.2, 0.25) is 0 Å². The van der Waals surface area contributed by atoms with Gasteiger partial charge in [0.15, 0.2) is 6.29 Å². The van der Waals surface area contributed by atoms with Gasteiger partial charge in [0.1, 0.15) is 5.75 Å². The number of nitrogens with zero attached hydrogens (tertiary/aromatic N) is 2. The molecular weight excluding hydrogens is 204 g/mol. The van der Waals surface area contributed by atoms with Crippen molar-refractivity contribution >= 4 is 6.29 Å². The standard InChI is InChI=1S/C12H12N2O2/c1-14-12(5-6-13-14)11-4-3-10(16-2)7-9(11)8-15/h3-8H,1-2H3. The zero-order valence-electron chi connectivity index (χ0n) is 9.18. The quantitative estimate of drug-likeness (QED) is 0.736. The van der Waals surface area contributed by atoms with Crippen LogP contribution in [0.4, 0.5) is 0 Å². The molecule has 0 bridgehead atoms. The predicted molar refractivity (Wildman–Crippen MR) is 60.6 cm³/mol. The Balaban J connectivity index is 2.57. The lowest BCUT2D eigenvalue weighted by molar-refractivity contribution is 0.112. The lowest BCUT2D eigenvalue weighted by Crippen LogP contribution is -1.97. The molecule has 0 aliphatic heterocycles. The van der Waals surface area contributed by atoms with Crippen molar-refractivity contribution in [2.45, 2.75) is 0 Å². The maximum absolute atomic E-state index is 11.0. The van der Waals surface area contributed by atoms with Gasteiger partial charge in [0.2, 0.25) is 0 Å². The van der Waals surface area contributed by atoms with Gasteiger partial charge in [-0.1, -0.05) is 0 Å². The van der Waals surface area contributed by atoms with E-state index in [0.29, 0.717) is 11.3 Å². The lowest BCUT2D eigenvalue weighted by atomic mass is 10.1. The molecule has 0 aliphatic rings. The monoisotopic (exact) mass is 216 g/mol. The highest BCUT2D eigenvalue weighted by molar-refractivity contribution is 5.87. The number of aromatic nitrogens is 2. The zero-order chi connectivity index (χ0) is 11.5. The van der Waals surface area contributed by atoms with Gasteiger partial charge < -0.3 is 4.74 Å². The van der Waals surface area contributed by atoms with Crippen molar-refractivity contribution in [1.29, 1.82) is 0 Å². The second-order valence-corrected chi connectivity index (χ2v) is 3.41. The summed E-state index contributed by atoms with van der Waals surface area (Å²) < 4.78 is 6.81. The van der Waals surface area contributed by atoms with Crippen LogP contribution in [-0.4, -0.2) is 23.2 Å². The van der Waals surface area contributed by atoms with Gasteiger partial charge in [0.25, 0.3) is 0 Å². The fourth-order valence-electron chi connectivity index (χ4n) is 1.64. The first-order chi connectivity index (χ1) is 7.76. The Hall–Kier alpha value is -2.10. The van der Waals surface area contributed by atoms with Crippen LogP contribution in [0.1, 0.15) is 10.4 Å². The smallest absolute Gasteiger partial charge is 0.150 e. The number of methoxy groups -OCH3 is 1. The number of hydrogen-bond acceptors (Lipinski definition) is 3. The van der Waals surface area contributed by atoms with E-state index >= 15 is 0 Å². The number of ether oxygens (including phenoxy) is 1. The van der Waals surface area contributed by atoms with E-state index in [0.717, 1.165) is 17.5 Å². The molecule has 2 rings (SSSR count). The number of aldehydes is 1. The molecule has 0 atom stereocenters. The summed E-state index contributed by atoms with van der Waals surface area (Å²) in [6.07, 6.45) is 2.53. The van der Waals surface area contributed by atoms with Crippen LogP contribution in [-0.2, 0) is 7.05 Å². The first-order valence-corrected chi connectivity index (χ1v) is 4.88. The predicted octanol–water partition coefficient (Wildman–Crippen LogP) is 1.91. The number of carbonyl (C=O) groups excluding carboxylic acids is 1. The number of benzene rings is 1. The largest absolute Gasteiger partial charge is 0.497 e. The van der Waals surface area contributed by atoms with E-state index in [1.165, 1.54) is 0 Å². The van der Waals surface area contributed by atoms with Crippen molar-refractivity contribution in [3.05, 3.63) is 36.0 Å². The molecule has 0 saturated carbocycles. The second kappa shape index (κ2) is 4.18. The molecule has 2 aromatic rings. The Bertz CT molecular complexity index is 517. The molecule has 16 heavy (non-hydrogen) atoms. The zero-order valence-corrected chi connectivity index (χ0v) is 9.18. The third-order valence-corrected chi connectivity index (χ3v) is 2.48. The SMILES string of the molecule is COc1ccc(-c2ccnn2C)c(C=O)c1. The Morgan fingerprint density at radius 1 is 1.38 bits per heavy atom. The Labute approximate surface area is 93.5 Å². The summed E-state index contributed by atoms with van der Waals surface area (Å²) in [6, 6.07) is 7.28. The minimum atomic E-state index is 0.600. The summed E-state index contributed by atoms with van der Waals surface area (Å²) in [6.45, 7) is 0. The molecule has 4 heteroatoms. The molecule has 82 valence electrons. The van der Waals surface area contributed by atoms with Crippen molar-refractivity contribution in [1.82, 2.24) is 9.78 Å². The van der Waals surface area contributed by atoms with E-state index in [-0.39, 0.29) is 0 Å². The summed E-state index contributed by atoms with van der Waals surface area (Å²) in [4.78, 5) is 11.0. The Morgan fingerprint density at radius 3 is 2.75 bits per heavy atom. The van der Waals surface area contributed by atoms with Crippen LogP contribution in [0, 0.1) is 0 Å². The van der Waals surface area contributed by atoms with Crippen LogP contribution >= 0.6 is 0 Å². The molecule has 1 heterocycles. The number of rotatable bonds is 3. The number of hydrogen-bond donors (Lipinski definition) is 0. The normalized spacial score (nSPS) is 10.1. The van der Waals surface area contributed by atoms with Crippen LogP contribution in [0.5, 0.6) is 5.75 Å². The molecule has 1 aromatic heterocycles. The summed E-state index contributed by atoms with van der Waals surface area (Å²) in [7, 11) is 3.42. The van der Waals surface area contributed by atoms with E-state index < -0.39 is 0 Å². The molecule has 0 spiro atoms. The van der Waals surface area contributed by atoms with Gasteiger partial charge in [-0.3, -0.25) is 9.48 Å². The topological polar surface area (TPSA) is 44.1 Å². The van der Waals surface area contributed by atoms with E-state index in [4.69, 9.17) is 4.74 Å². The van der Waals surface area contributed by atoms with Gasteiger partial charge in [-0.15, -0.1) is 0 Å². The molecule has 0 amide bonds. The summed E-state index contributed by atoms with van der Waals surface area (Å²) in [5, 5.41) is 4.08. The average Bonchev–Trinajstić information content (AvgIpc) is 2.74. The highest BCUT2D eigenvalue weighted by Gasteiger charge is 2.08. The van der Waals surface area contributed by atoms with Crippen LogP contribution < -0.4 is 4.74 Å². The van der Waals surface area contributed by atoms with Gasteiger partial charge >= 0.3 is 0 Å². The van der Waals surface area contributed by atoms with Gasteiger partial charge in [0, 0.05) is 24.4 Å². The fourth-order valence-corrected chi connectivity index (χ4v) is 1.64. The maximum Gasteiger partial charge on any atom is 0.150 e. The number of aryl methyl sites for hydroxylation is 1. The summed E-state index contributed by atoms with van der Waals surface area (Å²) in [5.41, 5.74) is 2.36. The van der Waals surface area contributed by atoms with E-state index in [9.17, 15) is 4.79 Å². The average molecular weight is 216 g/mol. The van der Waals surface area contributed by atoms with Crippen molar-refractivity contribution in [3.8, 4) is 17.0 Å². The third kappa shape index (κ3) is 1.69.